The molecule has 3 rings (SSSR count). The number of aliphatic hydroxyl groups excluding tert-OH is 1. The van der Waals surface area contributed by atoms with Gasteiger partial charge in [-0.25, -0.2) is 4.79 Å². The number of nitrogens with two attached hydrogens (primary N) is 2. The Morgan fingerprint density at radius 3 is 1.75 bits per heavy atom. The van der Waals surface area contributed by atoms with E-state index in [1.54, 1.807) is 42.6 Å². The Kier molecular flexibility index (Phi) is 21.6. The van der Waals surface area contributed by atoms with Crippen LogP contribution in [0.15, 0.2) is 60.8 Å². The SMILES string of the molecule is C[C@H](NC(=O)[C@H](Cc1ccccc1)NC(=O)[C@@H](N)CS)C(=O)N[C@H](Cc1c[nH]c2ccccc12)C(=O)N[C@@H](CCCCN)C(=O)N[C@H](C(=O)N[C@@H](C)C(=O)N[C@@H](CS)C(=O)O)[C@@H](C)O. The Hall–Kier alpha value is -5.68. The number of carbonyl (C=O) groups excluding carboxylic acids is 7. The molecular formula is C42H60N10O10S2. The largest absolute Gasteiger partial charge is 0.480 e. The number of carboxylic acids is 1. The van der Waals surface area contributed by atoms with E-state index in [0.717, 1.165) is 16.5 Å². The number of para-hydroxylation sites is 1. The molecule has 0 aliphatic rings. The first-order chi connectivity index (χ1) is 30.4. The summed E-state index contributed by atoms with van der Waals surface area (Å²) in [6.07, 6.45) is 0.976. The van der Waals surface area contributed by atoms with Crippen molar-refractivity contribution >= 4 is 83.5 Å². The monoisotopic (exact) mass is 928 g/mol. The molecule has 1 heterocycles. The molecular weight excluding hydrogens is 869 g/mol. The molecule has 0 spiro atoms. The standard InChI is InChI=1S/C42H60N10O10S2/c1-22(46-39(58)31(50-37(56)28(44)20-63)17-25-11-5-4-6-12-25)35(54)49-32(18-26-19-45-29-14-8-7-13-27(26)29)40(59)48-30(15-9-10-16-43)38(57)52-34(24(3)53)41(60)47-23(2)36(55)51-33(21-64)42(61)62/h4-8,11-14,19,22-24,28,30-34,45,53,63-64H,9-10,15-18,20-21,43-44H2,1-3H3,(H,46,58)(H,47,60)(H,48,59)(H,49,54)(H,50,56)(H,51,55)(H,52,57)(H,61,62)/t22-,23-,24+,28-,30-,31-,32+,33-,34-/m0/s1. The number of H-pyrrole nitrogens is 1. The van der Waals surface area contributed by atoms with Gasteiger partial charge in [-0.05, 0) is 63.8 Å². The lowest BCUT2D eigenvalue weighted by Crippen LogP contribution is -2.61. The van der Waals surface area contributed by atoms with Crippen LogP contribution in [-0.4, -0.2) is 135 Å². The molecule has 1 aromatic heterocycles. The number of aliphatic carboxylic acids is 1. The summed E-state index contributed by atoms with van der Waals surface area (Å²) in [4.78, 5) is 109. The third kappa shape index (κ3) is 16.1. The van der Waals surface area contributed by atoms with Crippen molar-refractivity contribution in [1.82, 2.24) is 42.2 Å². The second-order valence-electron chi connectivity index (χ2n) is 15.3. The van der Waals surface area contributed by atoms with Crippen LogP contribution < -0.4 is 48.7 Å². The summed E-state index contributed by atoms with van der Waals surface area (Å²) in [5.41, 5.74) is 13.7. The van der Waals surface area contributed by atoms with Gasteiger partial charge in [-0.1, -0.05) is 48.5 Å². The minimum Gasteiger partial charge on any atom is -0.480 e. The first kappa shape index (κ1) is 52.7. The van der Waals surface area contributed by atoms with Crippen LogP contribution in [0.3, 0.4) is 0 Å². The number of hydrogen-bond donors (Lipinski definition) is 14. The smallest absolute Gasteiger partial charge is 0.327 e. The molecule has 20 nitrogen and oxygen atoms in total. The molecule has 0 saturated carbocycles. The van der Waals surface area contributed by atoms with Gasteiger partial charge >= 0.3 is 5.97 Å². The van der Waals surface area contributed by atoms with Gasteiger partial charge in [-0.15, -0.1) is 0 Å². The number of nitrogens with one attached hydrogen (secondary N) is 8. The van der Waals surface area contributed by atoms with Crippen LogP contribution in [0, 0.1) is 0 Å². The second kappa shape index (κ2) is 26.2. The van der Waals surface area contributed by atoms with Crippen molar-refractivity contribution in [1.29, 1.82) is 0 Å². The zero-order valence-corrected chi connectivity index (χ0v) is 37.6. The van der Waals surface area contributed by atoms with Gasteiger partial charge in [-0.3, -0.25) is 33.6 Å². The molecule has 350 valence electrons. The molecule has 0 fully saturated rings. The summed E-state index contributed by atoms with van der Waals surface area (Å²) >= 11 is 7.98. The van der Waals surface area contributed by atoms with Crippen LogP contribution in [0.4, 0.5) is 0 Å². The number of aromatic nitrogens is 1. The normalized spacial score (nSPS) is 15.4. The first-order valence-electron chi connectivity index (χ1n) is 20.7. The lowest BCUT2D eigenvalue weighted by atomic mass is 10.0. The van der Waals surface area contributed by atoms with E-state index in [-0.39, 0.29) is 37.3 Å². The predicted octanol–water partition coefficient (Wildman–Crippen LogP) is -1.83. The Morgan fingerprint density at radius 2 is 1.16 bits per heavy atom. The van der Waals surface area contributed by atoms with Gasteiger partial charge in [0.15, 0.2) is 0 Å². The van der Waals surface area contributed by atoms with Gasteiger partial charge in [0.2, 0.25) is 41.4 Å². The highest BCUT2D eigenvalue weighted by Gasteiger charge is 2.34. The van der Waals surface area contributed by atoms with Crippen molar-refractivity contribution in [2.24, 2.45) is 11.5 Å². The van der Waals surface area contributed by atoms with E-state index in [0.29, 0.717) is 18.4 Å². The van der Waals surface area contributed by atoms with Crippen LogP contribution in [0.5, 0.6) is 0 Å². The molecule has 0 saturated heterocycles. The van der Waals surface area contributed by atoms with Crippen molar-refractivity contribution in [2.45, 2.75) is 107 Å². The molecule has 0 aliphatic heterocycles. The zero-order chi connectivity index (χ0) is 47.5. The highest BCUT2D eigenvalue weighted by molar-refractivity contribution is 7.80. The molecule has 0 bridgehead atoms. The van der Waals surface area contributed by atoms with Gasteiger partial charge in [0.25, 0.3) is 0 Å². The van der Waals surface area contributed by atoms with Gasteiger partial charge < -0.3 is 63.9 Å². The maximum Gasteiger partial charge on any atom is 0.327 e. The van der Waals surface area contributed by atoms with E-state index in [2.05, 4.69) is 67.5 Å². The number of carbonyl (C=O) groups is 8. The molecule has 9 atom stereocenters. The van der Waals surface area contributed by atoms with Crippen molar-refractivity contribution < 1.29 is 48.6 Å². The molecule has 14 N–H and O–H groups in total. The zero-order valence-electron chi connectivity index (χ0n) is 35.8. The van der Waals surface area contributed by atoms with Crippen molar-refractivity contribution in [3.63, 3.8) is 0 Å². The second-order valence-corrected chi connectivity index (χ2v) is 16.0. The number of unbranched alkanes of at least 4 members (excludes halogenated alkanes) is 1. The maximum absolute atomic E-state index is 14.3. The molecule has 3 aromatic rings. The van der Waals surface area contributed by atoms with Crippen LogP contribution in [-0.2, 0) is 51.2 Å². The highest BCUT2D eigenvalue weighted by atomic mass is 32.1. The molecule has 0 aliphatic carbocycles. The summed E-state index contributed by atoms with van der Waals surface area (Å²) in [5.74, 6) is -7.18. The summed E-state index contributed by atoms with van der Waals surface area (Å²) in [7, 11) is 0. The predicted molar refractivity (Wildman–Crippen MR) is 245 cm³/mol. The number of fused-ring (bicyclic) bond motifs is 1. The fraction of sp³-hybridized carbons (Fsp3) is 0.476. The van der Waals surface area contributed by atoms with Gasteiger partial charge in [0.05, 0.1) is 12.1 Å². The molecule has 2 aromatic carbocycles. The molecule has 0 radical (unpaired) electrons. The summed E-state index contributed by atoms with van der Waals surface area (Å²) < 4.78 is 0. The summed E-state index contributed by atoms with van der Waals surface area (Å²) in [6, 6.07) is 5.81. The quantitative estimate of drug-likeness (QED) is 0.0312. The van der Waals surface area contributed by atoms with Gasteiger partial charge in [0.1, 0.15) is 42.3 Å². The third-order valence-corrected chi connectivity index (χ3v) is 10.9. The van der Waals surface area contributed by atoms with E-state index in [1.165, 1.54) is 20.8 Å². The third-order valence-electron chi connectivity index (χ3n) is 10.1. The number of amides is 7. The number of carboxylic acid groups (broad SMARTS) is 1. The van der Waals surface area contributed by atoms with Crippen LogP contribution in [0.1, 0.15) is 51.2 Å². The van der Waals surface area contributed by atoms with Crippen molar-refractivity contribution in [2.75, 3.05) is 18.1 Å². The molecule has 7 amide bonds. The topological polar surface area (TPSA) is 329 Å². The molecule has 0 unspecified atom stereocenters. The van der Waals surface area contributed by atoms with Crippen molar-refractivity contribution in [3.05, 3.63) is 71.9 Å². The van der Waals surface area contributed by atoms with Gasteiger partial charge in [-0.2, -0.15) is 25.3 Å². The molecule has 64 heavy (non-hydrogen) atoms. The van der Waals surface area contributed by atoms with E-state index in [9.17, 15) is 48.6 Å². The van der Waals surface area contributed by atoms with Gasteiger partial charge in [0, 0.05) is 41.4 Å². The minimum atomic E-state index is -1.63. The summed E-state index contributed by atoms with van der Waals surface area (Å²) in [5, 5.41) is 38.2. The average Bonchev–Trinajstić information content (AvgIpc) is 3.68. The van der Waals surface area contributed by atoms with Crippen LogP contribution in [0.2, 0.25) is 0 Å². The number of thiol groups is 2. The lowest BCUT2D eigenvalue weighted by Gasteiger charge is -2.28. The van der Waals surface area contributed by atoms with Crippen LogP contribution >= 0.6 is 25.3 Å². The van der Waals surface area contributed by atoms with E-state index in [1.807, 2.05) is 18.2 Å². The number of aromatic amines is 1. The summed E-state index contributed by atoms with van der Waals surface area (Å²) in [6.45, 7) is 4.16. The van der Waals surface area contributed by atoms with E-state index >= 15 is 0 Å². The number of hydrogen-bond acceptors (Lipinski definition) is 13. The van der Waals surface area contributed by atoms with E-state index < -0.39 is 102 Å². The van der Waals surface area contributed by atoms with Crippen molar-refractivity contribution in [3.8, 4) is 0 Å². The van der Waals surface area contributed by atoms with Crippen LogP contribution in [0.25, 0.3) is 10.9 Å². The Bertz CT molecular complexity index is 2070. The fourth-order valence-corrected chi connectivity index (χ4v) is 6.78. The van der Waals surface area contributed by atoms with E-state index in [4.69, 9.17) is 11.5 Å². The number of benzene rings is 2. The molecule has 22 heteroatoms. The number of aliphatic hydroxyl groups is 1. The highest BCUT2D eigenvalue weighted by Crippen LogP contribution is 2.20. The lowest BCUT2D eigenvalue weighted by molar-refractivity contribution is -0.141. The Labute approximate surface area is 381 Å². The first-order valence-corrected chi connectivity index (χ1v) is 22.0. The number of rotatable bonds is 26. The average molecular weight is 929 g/mol. The maximum atomic E-state index is 14.3. The fourth-order valence-electron chi connectivity index (χ4n) is 6.37. The Morgan fingerprint density at radius 1 is 0.625 bits per heavy atom. The minimum absolute atomic E-state index is 0.0185. The Balaban J connectivity index is 1.86.